The minimum Gasteiger partial charge on any atom is -0.394 e. The Morgan fingerprint density at radius 3 is 1.07 bits per heavy atom. The summed E-state index contributed by atoms with van der Waals surface area (Å²) in [5, 5.41) is 46.0. The molecule has 2 saturated heterocycles. The molecule has 8 N–H and O–H groups in total. The Morgan fingerprint density at radius 2 is 0.747 bits per heavy atom. The topological polar surface area (TPSA) is 269 Å². The fourth-order valence-corrected chi connectivity index (χ4v) is 12.6. The largest absolute Gasteiger partial charge is 0.483 e. The lowest BCUT2D eigenvalue weighted by Gasteiger charge is -2.48. The van der Waals surface area contributed by atoms with Crippen LogP contribution in [0.4, 0.5) is 0 Å². The van der Waals surface area contributed by atoms with Crippen LogP contribution in [-0.2, 0) is 46.3 Å². The van der Waals surface area contributed by atoms with Crippen LogP contribution in [-0.4, -0.2) is 117 Å². The van der Waals surface area contributed by atoms with Crippen molar-refractivity contribution < 1.29 is 76.5 Å². The monoisotopic (exact) mass is 1320 g/mol. The average Bonchev–Trinajstić information content (AvgIpc) is 0.792. The van der Waals surface area contributed by atoms with Crippen molar-refractivity contribution >= 4 is 27.5 Å². The molecule has 0 aromatic heterocycles. The lowest BCUT2D eigenvalue weighted by molar-refractivity contribution is -0.328. The van der Waals surface area contributed by atoms with E-state index < -0.39 is 102 Å². The van der Waals surface area contributed by atoms with E-state index in [9.17, 15) is 48.9 Å². The predicted octanol–water partition coefficient (Wildman–Crippen LogP) is 15.4. The molecule has 0 bridgehead atoms. The first kappa shape index (κ1) is 83.2. The summed E-state index contributed by atoms with van der Waals surface area (Å²) in [6.45, 7) is 28.7. The van der Waals surface area contributed by atoms with Crippen LogP contribution in [0.3, 0.4) is 0 Å². The summed E-state index contributed by atoms with van der Waals surface area (Å²) in [5.74, 6) is -1.35. The first-order valence-corrected chi connectivity index (χ1v) is 35.9. The highest BCUT2D eigenvalue weighted by molar-refractivity contribution is 7.61. The zero-order valence-electron chi connectivity index (χ0n) is 57.8. The van der Waals surface area contributed by atoms with Gasteiger partial charge in [0.2, 0.25) is 11.8 Å². The molecule has 0 aromatic rings. The van der Waals surface area contributed by atoms with Gasteiger partial charge in [-0.05, 0) is 218 Å². The van der Waals surface area contributed by atoms with E-state index in [1.807, 2.05) is 6.92 Å². The van der Waals surface area contributed by atoms with E-state index in [2.05, 4.69) is 152 Å². The Morgan fingerprint density at radius 1 is 0.429 bits per heavy atom. The molecule has 0 spiro atoms. The van der Waals surface area contributed by atoms with Crippen molar-refractivity contribution in [3.05, 3.63) is 128 Å². The number of ether oxygens (including phenoxy) is 3. The molecule has 0 aromatic carbocycles. The van der Waals surface area contributed by atoms with Crippen LogP contribution in [0, 0.1) is 0 Å². The van der Waals surface area contributed by atoms with Crippen LogP contribution >= 0.6 is 15.6 Å². The number of hydrogen-bond acceptors (Lipinski definition) is 14. The van der Waals surface area contributed by atoms with E-state index in [0.29, 0.717) is 12.8 Å². The fourth-order valence-electron chi connectivity index (χ4n) is 10.5. The minimum absolute atomic E-state index is 0.455. The number of amides is 2. The molecule has 2 aliphatic heterocycles. The number of carbonyl (C=O) groups excluding carboxylic acids is 2. The van der Waals surface area contributed by atoms with Crippen LogP contribution in [0.5, 0.6) is 0 Å². The second-order valence-electron chi connectivity index (χ2n) is 25.6. The number of carbonyl (C=O) groups is 2. The number of phosphoric ester groups is 2. The quantitative estimate of drug-likeness (QED) is 0.0208. The molecular weight excluding hydrogens is 1200 g/mol. The summed E-state index contributed by atoms with van der Waals surface area (Å²) in [6.07, 6.45) is 32.8. The highest BCUT2D eigenvalue weighted by Crippen LogP contribution is 2.61. The Kier molecular flexibility index (Phi) is 40.8. The zero-order valence-corrected chi connectivity index (χ0v) is 59.6. The van der Waals surface area contributed by atoms with Gasteiger partial charge in [-0.1, -0.05) is 128 Å². The summed E-state index contributed by atoms with van der Waals surface area (Å²) in [6, 6.07) is -2.81. The van der Waals surface area contributed by atoms with Crippen molar-refractivity contribution in [3.8, 4) is 0 Å². The second-order valence-corrected chi connectivity index (χ2v) is 28.5. The lowest BCUT2D eigenvalue weighted by atomic mass is 9.93. The van der Waals surface area contributed by atoms with Crippen LogP contribution in [0.15, 0.2) is 128 Å². The molecule has 18 nitrogen and oxygen atoms in total. The van der Waals surface area contributed by atoms with Gasteiger partial charge in [0.1, 0.15) is 36.6 Å². The van der Waals surface area contributed by atoms with Crippen LogP contribution in [0.25, 0.3) is 0 Å². The van der Waals surface area contributed by atoms with E-state index in [1.54, 1.807) is 6.08 Å². The first-order valence-electron chi connectivity index (χ1n) is 32.9. The third-order valence-electron chi connectivity index (χ3n) is 16.2. The third-order valence-corrected chi connectivity index (χ3v) is 18.8. The van der Waals surface area contributed by atoms with Crippen molar-refractivity contribution in [2.45, 2.75) is 294 Å². The smallest absolute Gasteiger partial charge is 0.394 e. The first-order chi connectivity index (χ1) is 42.8. The van der Waals surface area contributed by atoms with Crippen LogP contribution in [0.1, 0.15) is 232 Å². The third kappa shape index (κ3) is 37.1. The van der Waals surface area contributed by atoms with Crippen molar-refractivity contribution in [2.24, 2.45) is 0 Å². The number of hydrogen-bond donors (Lipinski definition) is 8. The van der Waals surface area contributed by atoms with Gasteiger partial charge >= 0.3 is 15.6 Å². The number of aliphatic hydroxyl groups is 4. The normalized spacial score (nSPS) is 25.3. The molecule has 20 heteroatoms. The molecule has 2 amide bonds. The molecule has 2 unspecified atom stereocenters. The molecular formula is C71H118N2O16P2. The van der Waals surface area contributed by atoms with Gasteiger partial charge in [0.05, 0.1) is 25.4 Å². The van der Waals surface area contributed by atoms with Gasteiger partial charge in [-0.15, -0.1) is 0 Å². The molecule has 2 aliphatic rings. The Balaban J connectivity index is 1.72. The molecule has 0 saturated carbocycles. The van der Waals surface area contributed by atoms with Crippen LogP contribution < -0.4 is 10.6 Å². The van der Waals surface area contributed by atoms with E-state index in [-0.39, 0.29) is 0 Å². The maximum Gasteiger partial charge on any atom is 0.483 e. The van der Waals surface area contributed by atoms with Crippen molar-refractivity contribution in [1.82, 2.24) is 10.6 Å². The summed E-state index contributed by atoms with van der Waals surface area (Å²) in [4.78, 5) is 45.8. The van der Waals surface area contributed by atoms with Gasteiger partial charge in [0.25, 0.3) is 0 Å². The maximum atomic E-state index is 13.3. The minimum atomic E-state index is -5.58. The van der Waals surface area contributed by atoms with Crippen LogP contribution in [0.2, 0.25) is 0 Å². The highest BCUT2D eigenvalue weighted by Gasteiger charge is 2.53. The zero-order chi connectivity index (χ0) is 68.3. The van der Waals surface area contributed by atoms with E-state index in [1.165, 1.54) is 69.6 Å². The van der Waals surface area contributed by atoms with Gasteiger partial charge in [0, 0.05) is 13.8 Å². The van der Waals surface area contributed by atoms with Gasteiger partial charge < -0.3 is 55.1 Å². The van der Waals surface area contributed by atoms with Crippen molar-refractivity contribution in [3.63, 3.8) is 0 Å². The highest BCUT2D eigenvalue weighted by atomic mass is 31.3. The Hall–Kier alpha value is -3.94. The average molecular weight is 1320 g/mol. The SMILES string of the molecule is CC(=O)N[C@H]1[C@@H](OP(=O)(O)OP(=O)(O)OC/C=C(/C)CC/C=C(/C)CC/C=C(/C)CC/C=C(/C)CC/C=C(/C)CC/C=C(/C)CC/C=C(/C)CC/C=C(\C)CC/C=C(\C)CC/C=C(\C)CCC=C(C)C)O[C@H](C)[C@@H](NC(C)=O)[C@@H]1O[C@H]1O[C@H](CO)[C@H](O)[C@H](O)[C@H]1O. The molecule has 0 radical (unpaired) electrons. The number of aliphatic hydroxyl groups excluding tert-OH is 4. The lowest BCUT2D eigenvalue weighted by Crippen LogP contribution is -2.70. The standard InChI is InChI=1S/C71H118N2O16P2/c1-49(2)26-16-27-50(3)28-17-29-51(4)30-18-31-52(5)32-19-33-53(6)34-20-35-54(7)36-21-37-55(8)38-22-39-56(9)40-23-41-57(10)42-24-43-58(11)44-25-45-59(12)46-47-84-90(80,81)89-91(82,83)88-70-65(73-62(15)76)69(64(60(13)85-70)72-61(14)75)87-71-68(79)67(78)66(77)63(48-74)86-71/h26,28,30,32,34,36,38,40,42,44,46,60,63-71,74,77-79H,16-25,27,29,31,33,35,37,39,41,43,45,47-48H2,1-15H3,(H,72,75)(H,73,76)(H,80,81)(H,82,83)/b50-28+,51-30+,52-32+,53-34-,54-36-,55-38-,56-40-,57-42-,58-44-,59-46-/t60-,63-,64-,65-,66+,67+,68-,69+,70-,71-/m1/s1. The molecule has 0 aliphatic carbocycles. The fraction of sp³-hybridized carbons (Fsp3) is 0.662. The summed E-state index contributed by atoms with van der Waals surface area (Å²) < 4.78 is 58.1. The van der Waals surface area contributed by atoms with Crippen molar-refractivity contribution in [2.75, 3.05) is 13.2 Å². The molecule has 91 heavy (non-hydrogen) atoms. The van der Waals surface area contributed by atoms with E-state index in [0.717, 1.165) is 128 Å². The number of nitrogens with one attached hydrogen (secondary N) is 2. The van der Waals surface area contributed by atoms with Gasteiger partial charge in [-0.2, -0.15) is 4.31 Å². The molecule has 2 heterocycles. The number of allylic oxidation sites excluding steroid dienone is 21. The predicted molar refractivity (Wildman–Crippen MR) is 365 cm³/mol. The summed E-state index contributed by atoms with van der Waals surface area (Å²) in [5.41, 5.74) is 15.2. The second kappa shape index (κ2) is 44.7. The van der Waals surface area contributed by atoms with Gasteiger partial charge in [-0.25, -0.2) is 9.13 Å². The summed E-state index contributed by atoms with van der Waals surface area (Å²) in [7, 11) is -10.9. The van der Waals surface area contributed by atoms with E-state index >= 15 is 0 Å². The maximum absolute atomic E-state index is 13.3. The molecule has 12 atom stereocenters. The Bertz CT molecular complexity index is 2690. The van der Waals surface area contributed by atoms with Crippen molar-refractivity contribution in [1.29, 1.82) is 0 Å². The molecule has 2 fully saturated rings. The Labute approximate surface area is 547 Å². The number of rotatable bonds is 42. The van der Waals surface area contributed by atoms with Gasteiger partial charge in [-0.3, -0.25) is 18.6 Å². The van der Waals surface area contributed by atoms with Gasteiger partial charge in [0.15, 0.2) is 12.6 Å². The molecule has 518 valence electrons. The van der Waals surface area contributed by atoms with E-state index in [4.69, 9.17) is 23.3 Å². The molecule has 2 rings (SSSR count). The number of phosphoric acid groups is 2. The summed E-state index contributed by atoms with van der Waals surface area (Å²) >= 11 is 0.